The van der Waals surface area contributed by atoms with Crippen LogP contribution in [0.25, 0.3) is 17.1 Å². The van der Waals surface area contributed by atoms with Crippen molar-refractivity contribution in [3.63, 3.8) is 0 Å². The molecule has 1 aromatic carbocycles. The second kappa shape index (κ2) is 9.96. The van der Waals surface area contributed by atoms with Gasteiger partial charge in [0.2, 0.25) is 5.91 Å². The van der Waals surface area contributed by atoms with E-state index >= 15 is 0 Å². The van der Waals surface area contributed by atoms with Gasteiger partial charge in [-0.1, -0.05) is 31.5 Å². The summed E-state index contributed by atoms with van der Waals surface area (Å²) in [7, 11) is 1.64. The van der Waals surface area contributed by atoms with E-state index in [1.807, 2.05) is 41.0 Å². The smallest absolute Gasteiger partial charge is 0.230 e. The molecule has 1 fully saturated rings. The molecule has 0 saturated heterocycles. The van der Waals surface area contributed by atoms with E-state index in [0.717, 1.165) is 23.4 Å². The maximum absolute atomic E-state index is 12.6. The number of pyridine rings is 1. The van der Waals surface area contributed by atoms with Crippen LogP contribution in [0.15, 0.2) is 53.9 Å². The Morgan fingerprint density at radius 1 is 1.13 bits per heavy atom. The van der Waals surface area contributed by atoms with Crippen LogP contribution in [-0.2, 0) is 4.79 Å². The SMILES string of the molecule is COc1ccc(-n2c(SCC(=O)NC3CCCCC3C)nnc2-c2ccncc2)cc1. The van der Waals surface area contributed by atoms with Crippen LogP contribution in [0.3, 0.4) is 0 Å². The summed E-state index contributed by atoms with van der Waals surface area (Å²) in [5.74, 6) is 2.35. The van der Waals surface area contributed by atoms with Crippen molar-refractivity contribution in [1.82, 2.24) is 25.1 Å². The molecule has 0 aliphatic heterocycles. The first-order valence-electron chi connectivity index (χ1n) is 10.6. The Labute approximate surface area is 186 Å². The molecule has 7 nitrogen and oxygen atoms in total. The van der Waals surface area contributed by atoms with Gasteiger partial charge in [0.1, 0.15) is 5.75 Å². The second-order valence-electron chi connectivity index (χ2n) is 7.80. The molecular weight excluding hydrogens is 410 g/mol. The second-order valence-corrected chi connectivity index (χ2v) is 8.74. The molecule has 1 saturated carbocycles. The minimum Gasteiger partial charge on any atom is -0.497 e. The number of carbonyl (C=O) groups excluding carboxylic acids is 1. The average molecular weight is 438 g/mol. The van der Waals surface area contributed by atoms with E-state index in [2.05, 4.69) is 27.4 Å². The Bertz CT molecular complexity index is 1010. The van der Waals surface area contributed by atoms with E-state index in [1.54, 1.807) is 19.5 Å². The Kier molecular flexibility index (Phi) is 6.86. The van der Waals surface area contributed by atoms with E-state index in [0.29, 0.717) is 22.7 Å². The number of nitrogens with zero attached hydrogens (tertiary/aromatic N) is 4. The fraction of sp³-hybridized carbons (Fsp3) is 0.391. The highest BCUT2D eigenvalue weighted by Gasteiger charge is 2.23. The van der Waals surface area contributed by atoms with E-state index in [-0.39, 0.29) is 11.9 Å². The zero-order chi connectivity index (χ0) is 21.6. The minimum absolute atomic E-state index is 0.0403. The molecule has 3 aromatic rings. The third-order valence-electron chi connectivity index (χ3n) is 5.69. The fourth-order valence-corrected chi connectivity index (χ4v) is 4.69. The summed E-state index contributed by atoms with van der Waals surface area (Å²) in [6.45, 7) is 2.22. The van der Waals surface area contributed by atoms with E-state index in [9.17, 15) is 4.79 Å². The van der Waals surface area contributed by atoms with Gasteiger partial charge in [-0.15, -0.1) is 10.2 Å². The lowest BCUT2D eigenvalue weighted by Crippen LogP contribution is -2.41. The Morgan fingerprint density at radius 3 is 2.58 bits per heavy atom. The molecule has 162 valence electrons. The molecule has 4 rings (SSSR count). The molecule has 31 heavy (non-hydrogen) atoms. The van der Waals surface area contributed by atoms with Gasteiger partial charge in [0.25, 0.3) is 0 Å². The molecule has 2 heterocycles. The predicted octanol–water partition coefficient (Wildman–Crippen LogP) is 4.12. The van der Waals surface area contributed by atoms with Crippen LogP contribution >= 0.6 is 11.8 Å². The number of benzene rings is 1. The largest absolute Gasteiger partial charge is 0.497 e. The third kappa shape index (κ3) is 5.07. The summed E-state index contributed by atoms with van der Waals surface area (Å²) in [4.78, 5) is 16.7. The highest BCUT2D eigenvalue weighted by molar-refractivity contribution is 7.99. The first kappa shape index (κ1) is 21.4. The number of amides is 1. The normalized spacial score (nSPS) is 18.5. The molecule has 0 radical (unpaired) electrons. The van der Waals surface area contributed by atoms with Crippen molar-refractivity contribution in [1.29, 1.82) is 0 Å². The number of aromatic nitrogens is 4. The van der Waals surface area contributed by atoms with Crippen LogP contribution in [0.4, 0.5) is 0 Å². The zero-order valence-electron chi connectivity index (χ0n) is 17.8. The summed E-state index contributed by atoms with van der Waals surface area (Å²) in [6, 6.07) is 11.8. The summed E-state index contributed by atoms with van der Waals surface area (Å²) >= 11 is 1.40. The maximum Gasteiger partial charge on any atom is 0.230 e. The molecule has 0 spiro atoms. The van der Waals surface area contributed by atoms with Gasteiger partial charge in [-0.2, -0.15) is 0 Å². The zero-order valence-corrected chi connectivity index (χ0v) is 18.6. The van der Waals surface area contributed by atoms with Crippen LogP contribution in [0, 0.1) is 5.92 Å². The standard InChI is InChI=1S/C23H27N5O2S/c1-16-5-3-4-6-20(16)25-21(29)15-31-23-27-26-22(17-11-13-24-14-12-17)28(23)18-7-9-19(30-2)10-8-18/h7-14,16,20H,3-6,15H2,1-2H3,(H,25,29). The van der Waals surface area contributed by atoms with Crippen molar-refractivity contribution < 1.29 is 9.53 Å². The molecule has 2 atom stereocenters. The van der Waals surface area contributed by atoms with Gasteiger partial charge in [0, 0.05) is 29.7 Å². The van der Waals surface area contributed by atoms with Crippen molar-refractivity contribution in [2.75, 3.05) is 12.9 Å². The lowest BCUT2D eigenvalue weighted by Gasteiger charge is -2.29. The molecule has 1 aliphatic carbocycles. The van der Waals surface area contributed by atoms with Crippen molar-refractivity contribution in [2.45, 2.75) is 43.8 Å². The number of thioether (sulfide) groups is 1. The van der Waals surface area contributed by atoms with Crippen LogP contribution in [0.2, 0.25) is 0 Å². The summed E-state index contributed by atoms with van der Waals surface area (Å²) in [5.41, 5.74) is 1.81. The number of hydrogen-bond acceptors (Lipinski definition) is 6. The molecule has 0 bridgehead atoms. The van der Waals surface area contributed by atoms with Gasteiger partial charge in [-0.3, -0.25) is 14.3 Å². The maximum atomic E-state index is 12.6. The number of ether oxygens (including phenoxy) is 1. The number of nitrogens with one attached hydrogen (secondary N) is 1. The van der Waals surface area contributed by atoms with Crippen molar-refractivity contribution >= 4 is 17.7 Å². The van der Waals surface area contributed by atoms with Crippen molar-refractivity contribution in [3.8, 4) is 22.8 Å². The highest BCUT2D eigenvalue weighted by atomic mass is 32.2. The first-order valence-corrected chi connectivity index (χ1v) is 11.6. The number of rotatable bonds is 7. The van der Waals surface area contributed by atoms with Gasteiger partial charge in [-0.25, -0.2) is 0 Å². The summed E-state index contributed by atoms with van der Waals surface area (Å²) < 4.78 is 7.25. The van der Waals surface area contributed by atoms with Gasteiger partial charge in [0.15, 0.2) is 11.0 Å². The average Bonchev–Trinajstić information content (AvgIpc) is 3.24. The molecule has 2 aromatic heterocycles. The van der Waals surface area contributed by atoms with Crippen LogP contribution < -0.4 is 10.1 Å². The van der Waals surface area contributed by atoms with Gasteiger partial charge in [-0.05, 0) is 55.2 Å². The third-order valence-corrected chi connectivity index (χ3v) is 6.62. The molecule has 8 heteroatoms. The van der Waals surface area contributed by atoms with Gasteiger partial charge in [0.05, 0.1) is 12.9 Å². The van der Waals surface area contributed by atoms with Gasteiger partial charge < -0.3 is 10.1 Å². The quantitative estimate of drug-likeness (QED) is 0.560. The Hall–Kier alpha value is -2.87. The lowest BCUT2D eigenvalue weighted by atomic mass is 9.86. The monoisotopic (exact) mass is 437 g/mol. The minimum atomic E-state index is 0.0403. The number of carbonyl (C=O) groups is 1. The molecule has 1 aliphatic rings. The number of hydrogen-bond donors (Lipinski definition) is 1. The van der Waals surface area contributed by atoms with Crippen molar-refractivity contribution in [3.05, 3.63) is 48.8 Å². The molecule has 1 amide bonds. The van der Waals surface area contributed by atoms with Crippen molar-refractivity contribution in [2.24, 2.45) is 5.92 Å². The summed E-state index contributed by atoms with van der Waals surface area (Å²) in [5, 5.41) is 12.7. The highest BCUT2D eigenvalue weighted by Crippen LogP contribution is 2.29. The molecular formula is C23H27N5O2S. The predicted molar refractivity (Wildman–Crippen MR) is 121 cm³/mol. The van der Waals surface area contributed by atoms with Crippen LogP contribution in [-0.4, -0.2) is 44.6 Å². The first-order chi connectivity index (χ1) is 15.2. The molecule has 1 N–H and O–H groups in total. The topological polar surface area (TPSA) is 81.9 Å². The molecule has 2 unspecified atom stereocenters. The Balaban J connectivity index is 1.55. The number of methoxy groups -OCH3 is 1. The van der Waals surface area contributed by atoms with Crippen LogP contribution in [0.1, 0.15) is 32.6 Å². The summed E-state index contributed by atoms with van der Waals surface area (Å²) in [6.07, 6.45) is 8.14. The lowest BCUT2D eigenvalue weighted by molar-refractivity contribution is -0.119. The van der Waals surface area contributed by atoms with E-state index in [4.69, 9.17) is 4.74 Å². The van der Waals surface area contributed by atoms with Gasteiger partial charge >= 0.3 is 0 Å². The Morgan fingerprint density at radius 2 is 1.87 bits per heavy atom. The van der Waals surface area contributed by atoms with E-state index < -0.39 is 0 Å². The fourth-order valence-electron chi connectivity index (χ4n) is 3.92. The van der Waals surface area contributed by atoms with E-state index in [1.165, 1.54) is 31.0 Å². The van der Waals surface area contributed by atoms with Crippen LogP contribution in [0.5, 0.6) is 5.75 Å².